The molecule has 0 aromatic heterocycles. The third-order valence-corrected chi connectivity index (χ3v) is 0.802. The van der Waals surface area contributed by atoms with Crippen LogP contribution in [0.3, 0.4) is 0 Å². The molecular weight excluding hydrogens is 130 g/mol. The molecule has 0 radical (unpaired) electrons. The van der Waals surface area contributed by atoms with Crippen LogP contribution < -0.4 is 5.32 Å². The van der Waals surface area contributed by atoms with Gasteiger partial charge in [-0.2, -0.15) is 0 Å². The van der Waals surface area contributed by atoms with Crippen LogP contribution >= 0.6 is 0 Å². The fourth-order valence-electron chi connectivity index (χ4n) is 0.399. The SMILES string of the molecule is CC(=O)NCC=C/C=C\O. The van der Waals surface area contributed by atoms with Crippen LogP contribution in [-0.2, 0) is 4.79 Å². The molecule has 0 unspecified atom stereocenters. The molecule has 0 bridgehead atoms. The summed E-state index contributed by atoms with van der Waals surface area (Å²) in [6, 6.07) is 0. The summed E-state index contributed by atoms with van der Waals surface area (Å²) in [5.41, 5.74) is 0. The van der Waals surface area contributed by atoms with Crippen LogP contribution in [0.25, 0.3) is 0 Å². The van der Waals surface area contributed by atoms with Gasteiger partial charge >= 0.3 is 0 Å². The molecule has 0 saturated carbocycles. The first kappa shape index (κ1) is 8.75. The molecule has 0 atom stereocenters. The lowest BCUT2D eigenvalue weighted by molar-refractivity contribution is -0.118. The number of nitrogens with one attached hydrogen (secondary N) is 1. The van der Waals surface area contributed by atoms with Crippen molar-refractivity contribution in [2.75, 3.05) is 6.54 Å². The van der Waals surface area contributed by atoms with Crippen LogP contribution in [0.15, 0.2) is 24.5 Å². The highest BCUT2D eigenvalue weighted by atomic mass is 16.2. The normalized spacial score (nSPS) is 10.9. The summed E-state index contributed by atoms with van der Waals surface area (Å²) < 4.78 is 0. The lowest BCUT2D eigenvalue weighted by Crippen LogP contribution is -2.19. The molecule has 0 aromatic rings. The van der Waals surface area contributed by atoms with E-state index in [-0.39, 0.29) is 5.91 Å². The average molecular weight is 141 g/mol. The highest BCUT2D eigenvalue weighted by molar-refractivity contribution is 5.72. The van der Waals surface area contributed by atoms with Crippen LogP contribution in [0.4, 0.5) is 0 Å². The average Bonchev–Trinajstić information content (AvgIpc) is 1.87. The standard InChI is InChI=1S/C7H11NO2/c1-7(10)8-5-3-2-4-6-9/h2-4,6,9H,5H2,1H3,(H,8,10)/b3-2?,6-4-. The molecule has 0 saturated heterocycles. The van der Waals surface area contributed by atoms with Crippen molar-refractivity contribution in [2.45, 2.75) is 6.92 Å². The smallest absolute Gasteiger partial charge is 0.217 e. The summed E-state index contributed by atoms with van der Waals surface area (Å²) in [5.74, 6) is -0.0578. The molecular formula is C7H11NO2. The Bertz CT molecular complexity index is 150. The lowest BCUT2D eigenvalue weighted by atomic mass is 10.4. The minimum atomic E-state index is -0.0578. The summed E-state index contributed by atoms with van der Waals surface area (Å²) >= 11 is 0. The Balaban J connectivity index is 3.27. The Morgan fingerprint density at radius 3 is 2.80 bits per heavy atom. The van der Waals surface area contributed by atoms with Crippen molar-refractivity contribution in [1.82, 2.24) is 5.32 Å². The molecule has 10 heavy (non-hydrogen) atoms. The van der Waals surface area contributed by atoms with Crippen molar-refractivity contribution in [3.05, 3.63) is 24.5 Å². The molecule has 0 fully saturated rings. The molecule has 3 heteroatoms. The topological polar surface area (TPSA) is 49.3 Å². The number of allylic oxidation sites excluding steroid dienone is 2. The molecule has 0 aliphatic heterocycles. The van der Waals surface area contributed by atoms with Crippen LogP contribution in [0.1, 0.15) is 6.92 Å². The number of aliphatic hydroxyl groups excluding tert-OH is 1. The number of rotatable bonds is 3. The predicted molar refractivity (Wildman–Crippen MR) is 39.6 cm³/mol. The van der Waals surface area contributed by atoms with Gasteiger partial charge in [0, 0.05) is 13.5 Å². The Labute approximate surface area is 60.1 Å². The Morgan fingerprint density at radius 2 is 2.30 bits per heavy atom. The maximum absolute atomic E-state index is 10.3. The largest absolute Gasteiger partial charge is 0.516 e. The highest BCUT2D eigenvalue weighted by Crippen LogP contribution is 1.72. The van der Waals surface area contributed by atoms with E-state index in [4.69, 9.17) is 5.11 Å². The lowest BCUT2D eigenvalue weighted by Gasteiger charge is -1.91. The van der Waals surface area contributed by atoms with Crippen LogP contribution in [0.2, 0.25) is 0 Å². The molecule has 1 amide bonds. The molecule has 56 valence electrons. The highest BCUT2D eigenvalue weighted by Gasteiger charge is 1.82. The number of hydrogen-bond donors (Lipinski definition) is 2. The van der Waals surface area contributed by atoms with Gasteiger partial charge in [0.1, 0.15) is 0 Å². The number of carbonyl (C=O) groups is 1. The van der Waals surface area contributed by atoms with E-state index in [1.165, 1.54) is 13.0 Å². The molecule has 0 spiro atoms. The second-order valence-electron chi connectivity index (χ2n) is 1.71. The van der Waals surface area contributed by atoms with E-state index in [2.05, 4.69) is 5.32 Å². The molecule has 0 heterocycles. The second-order valence-corrected chi connectivity index (χ2v) is 1.71. The molecule has 0 aliphatic rings. The van der Waals surface area contributed by atoms with Gasteiger partial charge in [0.2, 0.25) is 5.91 Å². The molecule has 2 N–H and O–H groups in total. The van der Waals surface area contributed by atoms with E-state index in [0.717, 1.165) is 6.26 Å². The van der Waals surface area contributed by atoms with Crippen molar-refractivity contribution in [3.8, 4) is 0 Å². The number of hydrogen-bond acceptors (Lipinski definition) is 2. The summed E-state index contributed by atoms with van der Waals surface area (Å²) in [4.78, 5) is 10.3. The van der Waals surface area contributed by atoms with Crippen LogP contribution in [-0.4, -0.2) is 17.6 Å². The van der Waals surface area contributed by atoms with Crippen molar-refractivity contribution in [1.29, 1.82) is 0 Å². The first-order valence-electron chi connectivity index (χ1n) is 2.97. The first-order valence-corrected chi connectivity index (χ1v) is 2.97. The number of carbonyl (C=O) groups excluding carboxylic acids is 1. The zero-order valence-electron chi connectivity index (χ0n) is 5.87. The molecule has 3 nitrogen and oxygen atoms in total. The van der Waals surface area contributed by atoms with Gasteiger partial charge in [0.25, 0.3) is 0 Å². The summed E-state index contributed by atoms with van der Waals surface area (Å²) in [5, 5.41) is 10.7. The van der Waals surface area contributed by atoms with Gasteiger partial charge in [0.15, 0.2) is 0 Å². The summed E-state index contributed by atoms with van der Waals surface area (Å²) in [6.45, 7) is 1.95. The zero-order valence-corrected chi connectivity index (χ0v) is 5.87. The van der Waals surface area contributed by atoms with Crippen molar-refractivity contribution >= 4 is 5.91 Å². The van der Waals surface area contributed by atoms with Crippen molar-refractivity contribution in [3.63, 3.8) is 0 Å². The fourth-order valence-corrected chi connectivity index (χ4v) is 0.399. The van der Waals surface area contributed by atoms with Gasteiger partial charge in [-0.3, -0.25) is 4.79 Å². The van der Waals surface area contributed by atoms with Crippen LogP contribution in [0, 0.1) is 0 Å². The molecule has 0 aliphatic carbocycles. The Kier molecular flexibility index (Phi) is 5.14. The van der Waals surface area contributed by atoms with E-state index in [9.17, 15) is 4.79 Å². The summed E-state index contributed by atoms with van der Waals surface area (Å²) in [6.07, 6.45) is 5.79. The number of aliphatic hydroxyl groups is 1. The van der Waals surface area contributed by atoms with Gasteiger partial charge in [-0.1, -0.05) is 12.2 Å². The second kappa shape index (κ2) is 5.88. The first-order chi connectivity index (χ1) is 4.77. The zero-order chi connectivity index (χ0) is 7.82. The van der Waals surface area contributed by atoms with E-state index >= 15 is 0 Å². The van der Waals surface area contributed by atoms with Gasteiger partial charge in [-0.25, -0.2) is 0 Å². The molecule has 0 aromatic carbocycles. The third-order valence-electron chi connectivity index (χ3n) is 0.802. The van der Waals surface area contributed by atoms with E-state index < -0.39 is 0 Å². The van der Waals surface area contributed by atoms with Gasteiger partial charge < -0.3 is 10.4 Å². The third kappa shape index (κ3) is 6.75. The molecule has 0 rings (SSSR count). The van der Waals surface area contributed by atoms with Crippen LogP contribution in [0.5, 0.6) is 0 Å². The maximum Gasteiger partial charge on any atom is 0.217 e. The van der Waals surface area contributed by atoms with E-state index in [1.54, 1.807) is 12.2 Å². The summed E-state index contributed by atoms with van der Waals surface area (Å²) in [7, 11) is 0. The predicted octanol–water partition coefficient (Wildman–Crippen LogP) is 0.750. The minimum absolute atomic E-state index is 0.0578. The quantitative estimate of drug-likeness (QED) is 0.450. The van der Waals surface area contributed by atoms with Gasteiger partial charge in [0.05, 0.1) is 6.26 Å². The maximum atomic E-state index is 10.3. The Hall–Kier alpha value is -1.25. The monoisotopic (exact) mass is 141 g/mol. The minimum Gasteiger partial charge on any atom is -0.516 e. The van der Waals surface area contributed by atoms with E-state index in [1.807, 2.05) is 0 Å². The van der Waals surface area contributed by atoms with Gasteiger partial charge in [-0.15, -0.1) is 0 Å². The fraction of sp³-hybridized carbons (Fsp3) is 0.286. The number of amides is 1. The van der Waals surface area contributed by atoms with Crippen molar-refractivity contribution in [2.24, 2.45) is 0 Å². The van der Waals surface area contributed by atoms with E-state index in [0.29, 0.717) is 6.54 Å². The Morgan fingerprint density at radius 1 is 1.60 bits per heavy atom. The van der Waals surface area contributed by atoms with Crippen molar-refractivity contribution < 1.29 is 9.90 Å². The van der Waals surface area contributed by atoms with Gasteiger partial charge in [-0.05, 0) is 6.08 Å².